The van der Waals surface area contributed by atoms with Crippen LogP contribution in [0.1, 0.15) is 25.8 Å². The number of hydrogen-bond donors (Lipinski definition) is 1. The van der Waals surface area contributed by atoms with E-state index in [0.29, 0.717) is 24.1 Å². The molecule has 21 heavy (non-hydrogen) atoms. The Morgan fingerprint density at radius 2 is 1.86 bits per heavy atom. The van der Waals surface area contributed by atoms with E-state index in [1.54, 1.807) is 13.2 Å². The molecule has 0 aromatic carbocycles. The van der Waals surface area contributed by atoms with Crippen molar-refractivity contribution in [3.05, 3.63) is 32.6 Å². The minimum Gasteiger partial charge on any atom is -0.311 e. The fourth-order valence-corrected chi connectivity index (χ4v) is 2.40. The first-order valence-electron chi connectivity index (χ1n) is 7.36. The van der Waals surface area contributed by atoms with Gasteiger partial charge in [-0.3, -0.25) is 9.36 Å². The van der Waals surface area contributed by atoms with E-state index in [9.17, 15) is 9.59 Å². The highest BCUT2D eigenvalue weighted by molar-refractivity contribution is 5.05. The van der Waals surface area contributed by atoms with Crippen molar-refractivity contribution in [1.29, 1.82) is 0 Å². The summed E-state index contributed by atoms with van der Waals surface area (Å²) in [6, 6.07) is 0.432. The summed E-state index contributed by atoms with van der Waals surface area (Å²) in [5.74, 6) is 0.629. The van der Waals surface area contributed by atoms with Crippen LogP contribution in [0, 0.1) is 5.92 Å². The van der Waals surface area contributed by atoms with Crippen molar-refractivity contribution < 1.29 is 0 Å². The van der Waals surface area contributed by atoms with E-state index in [-0.39, 0.29) is 11.2 Å². The molecule has 1 rings (SSSR count). The van der Waals surface area contributed by atoms with Gasteiger partial charge in [0.2, 0.25) is 0 Å². The van der Waals surface area contributed by atoms with Crippen LogP contribution >= 0.6 is 0 Å². The average Bonchev–Trinajstić information content (AvgIpc) is 2.40. The van der Waals surface area contributed by atoms with Crippen LogP contribution in [0.2, 0.25) is 0 Å². The lowest BCUT2D eigenvalue weighted by Crippen LogP contribution is -2.42. The predicted octanol–water partition coefficient (Wildman–Crippen LogP) is 0.150. The highest BCUT2D eigenvalue weighted by Gasteiger charge is 2.13. The van der Waals surface area contributed by atoms with Gasteiger partial charge >= 0.3 is 5.69 Å². The van der Waals surface area contributed by atoms with Crippen molar-refractivity contribution in [2.24, 2.45) is 20.0 Å². The molecule has 1 heterocycles. The molecule has 6 heteroatoms. The summed E-state index contributed by atoms with van der Waals surface area (Å²) < 4.78 is 2.59. The molecule has 0 spiro atoms. The Labute approximate surface area is 126 Å². The van der Waals surface area contributed by atoms with Crippen LogP contribution in [0.15, 0.2) is 15.8 Å². The molecule has 0 aliphatic heterocycles. The van der Waals surface area contributed by atoms with Crippen LogP contribution in [-0.2, 0) is 20.6 Å². The fraction of sp³-hybridized carbons (Fsp3) is 0.733. The zero-order valence-corrected chi connectivity index (χ0v) is 14.0. The van der Waals surface area contributed by atoms with E-state index in [1.807, 2.05) is 0 Å². The monoisotopic (exact) mass is 296 g/mol. The smallest absolute Gasteiger partial charge is 0.311 e. The maximum absolute atomic E-state index is 12.0. The van der Waals surface area contributed by atoms with Crippen molar-refractivity contribution in [3.8, 4) is 0 Å². The normalized spacial score (nSPS) is 13.1. The molecular formula is C15H28N4O2. The van der Waals surface area contributed by atoms with Crippen molar-refractivity contribution in [1.82, 2.24) is 19.4 Å². The Bertz CT molecular complexity index is 572. The molecule has 0 fully saturated rings. The highest BCUT2D eigenvalue weighted by Crippen LogP contribution is 2.08. The number of nitrogens with one attached hydrogen (secondary N) is 1. The fourth-order valence-electron chi connectivity index (χ4n) is 2.40. The number of aromatic nitrogens is 2. The first-order valence-corrected chi connectivity index (χ1v) is 7.36. The first-order chi connectivity index (χ1) is 9.73. The Morgan fingerprint density at radius 1 is 1.24 bits per heavy atom. The first kappa shape index (κ1) is 17.7. The van der Waals surface area contributed by atoms with E-state index in [4.69, 9.17) is 0 Å². The summed E-state index contributed by atoms with van der Waals surface area (Å²) >= 11 is 0. The lowest BCUT2D eigenvalue weighted by Gasteiger charge is -2.26. The number of likely N-dealkylation sites (N-methyl/N-ethyl adjacent to an activating group) is 1. The van der Waals surface area contributed by atoms with Crippen LogP contribution in [-0.4, -0.2) is 40.7 Å². The van der Waals surface area contributed by atoms with Crippen LogP contribution < -0.4 is 16.6 Å². The lowest BCUT2D eigenvalue weighted by atomic mass is 10.0. The molecule has 0 saturated carbocycles. The summed E-state index contributed by atoms with van der Waals surface area (Å²) in [7, 11) is 7.31. The Balaban J connectivity index is 2.72. The Morgan fingerprint density at radius 3 is 2.38 bits per heavy atom. The molecule has 120 valence electrons. The molecule has 1 aromatic heterocycles. The molecule has 1 unspecified atom stereocenters. The van der Waals surface area contributed by atoms with Gasteiger partial charge in [-0.15, -0.1) is 0 Å². The second-order valence-corrected chi connectivity index (χ2v) is 6.29. The van der Waals surface area contributed by atoms with Gasteiger partial charge in [-0.05, 0) is 26.4 Å². The van der Waals surface area contributed by atoms with Gasteiger partial charge in [0, 0.05) is 45.0 Å². The lowest BCUT2D eigenvalue weighted by molar-refractivity contribution is 0.246. The van der Waals surface area contributed by atoms with Gasteiger partial charge in [0.15, 0.2) is 0 Å². The van der Waals surface area contributed by atoms with Crippen molar-refractivity contribution in [3.63, 3.8) is 0 Å². The summed E-state index contributed by atoms with van der Waals surface area (Å²) in [5, 5.41) is 3.33. The molecule has 0 aliphatic carbocycles. The van der Waals surface area contributed by atoms with Crippen molar-refractivity contribution in [2.45, 2.75) is 32.9 Å². The molecule has 6 nitrogen and oxygen atoms in total. The molecule has 0 aliphatic rings. The molecule has 0 amide bonds. The number of nitrogens with zero attached hydrogens (tertiary/aromatic N) is 3. The number of hydrogen-bond acceptors (Lipinski definition) is 4. The molecule has 0 radical (unpaired) electrons. The number of rotatable bonds is 7. The maximum atomic E-state index is 12.0. The van der Waals surface area contributed by atoms with E-state index in [2.05, 4.69) is 38.2 Å². The Hall–Kier alpha value is -1.40. The number of aryl methyl sites for hydroxylation is 1. The zero-order valence-electron chi connectivity index (χ0n) is 14.0. The minimum absolute atomic E-state index is 0.226. The van der Waals surface area contributed by atoms with Gasteiger partial charge in [0.1, 0.15) is 0 Å². The van der Waals surface area contributed by atoms with Crippen molar-refractivity contribution in [2.75, 3.05) is 20.6 Å². The summed E-state index contributed by atoms with van der Waals surface area (Å²) in [6.45, 7) is 5.71. The van der Waals surface area contributed by atoms with Gasteiger partial charge in [-0.2, -0.15) is 0 Å². The average molecular weight is 296 g/mol. The third kappa shape index (κ3) is 4.82. The van der Waals surface area contributed by atoms with Gasteiger partial charge in [-0.1, -0.05) is 13.8 Å². The third-order valence-corrected chi connectivity index (χ3v) is 3.69. The molecule has 1 N–H and O–H groups in total. The van der Waals surface area contributed by atoms with Gasteiger partial charge in [0.05, 0.1) is 0 Å². The van der Waals surface area contributed by atoms with E-state index >= 15 is 0 Å². The van der Waals surface area contributed by atoms with Crippen LogP contribution in [0.5, 0.6) is 0 Å². The standard InChI is InChI=1S/C15H28N4O2/c1-11(2)7-13(17(3)4)9-16-8-12-10-18(5)15(21)19(6)14(12)20/h10-11,13,16H,7-9H2,1-6H3. The van der Waals surface area contributed by atoms with Gasteiger partial charge in [0.25, 0.3) is 5.56 Å². The predicted molar refractivity (Wildman–Crippen MR) is 85.6 cm³/mol. The van der Waals surface area contributed by atoms with E-state index in [0.717, 1.165) is 17.5 Å². The van der Waals surface area contributed by atoms with Crippen LogP contribution in [0.25, 0.3) is 0 Å². The Kier molecular flexibility index (Phi) is 6.36. The molecule has 1 atom stereocenters. The summed E-state index contributed by atoms with van der Waals surface area (Å²) in [4.78, 5) is 25.9. The minimum atomic E-state index is -0.297. The van der Waals surface area contributed by atoms with Gasteiger partial charge in [-0.25, -0.2) is 4.79 Å². The molecule has 0 bridgehead atoms. The molecule has 0 saturated heterocycles. The van der Waals surface area contributed by atoms with Crippen molar-refractivity contribution >= 4 is 0 Å². The third-order valence-electron chi connectivity index (χ3n) is 3.69. The molecular weight excluding hydrogens is 268 g/mol. The summed E-state index contributed by atoms with van der Waals surface area (Å²) in [6.07, 6.45) is 2.72. The maximum Gasteiger partial charge on any atom is 0.330 e. The molecule has 1 aromatic rings. The van der Waals surface area contributed by atoms with Gasteiger partial charge < -0.3 is 14.8 Å². The highest BCUT2D eigenvalue weighted by atomic mass is 16.2. The van der Waals surface area contributed by atoms with E-state index < -0.39 is 0 Å². The largest absolute Gasteiger partial charge is 0.330 e. The van der Waals surface area contributed by atoms with E-state index in [1.165, 1.54) is 11.6 Å². The summed E-state index contributed by atoms with van der Waals surface area (Å²) in [5.41, 5.74) is 0.0900. The quantitative estimate of drug-likeness (QED) is 0.778. The topological polar surface area (TPSA) is 59.3 Å². The second-order valence-electron chi connectivity index (χ2n) is 6.29. The second kappa shape index (κ2) is 7.56. The van der Waals surface area contributed by atoms with Crippen LogP contribution in [0.3, 0.4) is 0 Å². The zero-order chi connectivity index (χ0) is 16.2. The SMILES string of the molecule is CC(C)CC(CNCc1cn(C)c(=O)n(C)c1=O)N(C)C. The van der Waals surface area contributed by atoms with Crippen LogP contribution in [0.4, 0.5) is 0 Å².